The van der Waals surface area contributed by atoms with Crippen molar-refractivity contribution in [3.05, 3.63) is 23.8 Å². The molecule has 1 atom stereocenters. The lowest BCUT2D eigenvalue weighted by Crippen LogP contribution is -2.62. The molecular weight excluding hydrogens is 256 g/mol. The van der Waals surface area contributed by atoms with Crippen LogP contribution in [0.4, 0.5) is 5.69 Å². The number of fused-ring (bicyclic) bond motifs is 1. The van der Waals surface area contributed by atoms with Gasteiger partial charge in [0.15, 0.2) is 0 Å². The van der Waals surface area contributed by atoms with Gasteiger partial charge in [-0.2, -0.15) is 0 Å². The molecule has 0 fully saturated rings. The van der Waals surface area contributed by atoms with Crippen molar-refractivity contribution in [2.75, 3.05) is 11.9 Å². The van der Waals surface area contributed by atoms with Crippen LogP contribution in [0.25, 0.3) is 0 Å². The molecule has 20 heavy (non-hydrogen) atoms. The van der Waals surface area contributed by atoms with Gasteiger partial charge in [0.05, 0.1) is 5.69 Å². The molecule has 1 aromatic rings. The summed E-state index contributed by atoms with van der Waals surface area (Å²) in [5.41, 5.74) is 0.188. The third kappa shape index (κ3) is 2.24. The minimum absolute atomic E-state index is 0.0551. The number of ether oxygens (including phenoxy) is 1. The Hall–Kier alpha value is -2.04. The van der Waals surface area contributed by atoms with Crippen LogP contribution in [-0.2, 0) is 9.59 Å². The average Bonchev–Trinajstić information content (AvgIpc) is 2.36. The Kier molecular flexibility index (Phi) is 3.46. The number of rotatable bonds is 2. The summed E-state index contributed by atoms with van der Waals surface area (Å²) in [6.45, 7) is 7.13. The highest BCUT2D eigenvalue weighted by Gasteiger charge is 2.49. The van der Waals surface area contributed by atoms with E-state index in [-0.39, 0.29) is 11.9 Å². The van der Waals surface area contributed by atoms with Crippen LogP contribution >= 0.6 is 0 Å². The van der Waals surface area contributed by atoms with Crippen LogP contribution in [0.2, 0.25) is 0 Å². The summed E-state index contributed by atoms with van der Waals surface area (Å²) in [7, 11) is 1.66. The van der Waals surface area contributed by atoms with E-state index in [0.29, 0.717) is 11.4 Å². The molecule has 5 nitrogen and oxygen atoms in total. The van der Waals surface area contributed by atoms with E-state index in [1.165, 1.54) is 11.8 Å². The molecule has 0 radical (unpaired) electrons. The van der Waals surface area contributed by atoms with E-state index in [4.69, 9.17) is 4.74 Å². The zero-order chi connectivity index (χ0) is 15.1. The number of anilines is 1. The maximum absolute atomic E-state index is 12.5. The monoisotopic (exact) mass is 276 g/mol. The van der Waals surface area contributed by atoms with Gasteiger partial charge in [0.1, 0.15) is 5.75 Å². The number of hydrogen-bond donors (Lipinski definition) is 1. The number of likely N-dealkylation sites (N-methyl/N-ethyl adjacent to an activating group) is 1. The van der Waals surface area contributed by atoms with Gasteiger partial charge in [-0.3, -0.25) is 9.59 Å². The topological polar surface area (TPSA) is 58.6 Å². The SMILES string of the molecule is Cc1ccc2c(c1)N(C)C(=O)C(C)(C(=O)NC(C)C)O2. The molecule has 0 spiro atoms. The van der Waals surface area contributed by atoms with Crippen LogP contribution in [0, 0.1) is 6.92 Å². The van der Waals surface area contributed by atoms with Gasteiger partial charge in [0.25, 0.3) is 17.4 Å². The van der Waals surface area contributed by atoms with Crippen LogP contribution in [0.5, 0.6) is 5.75 Å². The van der Waals surface area contributed by atoms with Gasteiger partial charge in [-0.25, -0.2) is 0 Å². The average molecular weight is 276 g/mol. The molecule has 5 heteroatoms. The molecule has 1 N–H and O–H groups in total. The summed E-state index contributed by atoms with van der Waals surface area (Å²) >= 11 is 0. The number of nitrogens with one attached hydrogen (secondary N) is 1. The molecule has 2 amide bonds. The Bertz CT molecular complexity index is 568. The molecule has 1 unspecified atom stereocenters. The fraction of sp³-hybridized carbons (Fsp3) is 0.467. The summed E-state index contributed by atoms with van der Waals surface area (Å²) in [5, 5.41) is 2.73. The molecule has 1 aromatic carbocycles. The van der Waals surface area contributed by atoms with Crippen molar-refractivity contribution in [3.8, 4) is 5.75 Å². The van der Waals surface area contributed by atoms with Gasteiger partial charge in [0.2, 0.25) is 0 Å². The van der Waals surface area contributed by atoms with E-state index in [1.807, 2.05) is 32.9 Å². The lowest BCUT2D eigenvalue weighted by molar-refractivity contribution is -0.148. The summed E-state index contributed by atoms with van der Waals surface area (Å²) in [5.74, 6) is -0.247. The van der Waals surface area contributed by atoms with Crippen molar-refractivity contribution in [2.45, 2.75) is 39.3 Å². The molecular formula is C15H20N2O3. The highest BCUT2D eigenvalue weighted by Crippen LogP contribution is 2.37. The van der Waals surface area contributed by atoms with Crippen molar-refractivity contribution in [2.24, 2.45) is 0 Å². The predicted octanol–water partition coefficient (Wildman–Crippen LogP) is 1.63. The van der Waals surface area contributed by atoms with E-state index in [9.17, 15) is 9.59 Å². The molecule has 0 bridgehead atoms. The second-order valence-corrected chi connectivity index (χ2v) is 5.60. The minimum Gasteiger partial charge on any atom is -0.466 e. The second-order valence-electron chi connectivity index (χ2n) is 5.60. The summed E-state index contributed by atoms with van der Waals surface area (Å²) in [6.07, 6.45) is 0. The smallest absolute Gasteiger partial charge is 0.280 e. The fourth-order valence-electron chi connectivity index (χ4n) is 2.21. The molecule has 0 aliphatic carbocycles. The van der Waals surface area contributed by atoms with Crippen molar-refractivity contribution in [1.29, 1.82) is 0 Å². The number of hydrogen-bond acceptors (Lipinski definition) is 3. The second kappa shape index (κ2) is 4.81. The maximum Gasteiger partial charge on any atom is 0.280 e. The van der Waals surface area contributed by atoms with Gasteiger partial charge in [-0.15, -0.1) is 0 Å². The molecule has 108 valence electrons. The van der Waals surface area contributed by atoms with Crippen LogP contribution in [-0.4, -0.2) is 30.5 Å². The van der Waals surface area contributed by atoms with E-state index >= 15 is 0 Å². The first-order chi connectivity index (χ1) is 9.25. The Morgan fingerprint density at radius 1 is 1.40 bits per heavy atom. The number of carbonyl (C=O) groups is 2. The highest BCUT2D eigenvalue weighted by molar-refractivity contribution is 6.16. The van der Waals surface area contributed by atoms with E-state index in [1.54, 1.807) is 13.1 Å². The lowest BCUT2D eigenvalue weighted by atomic mass is 9.99. The van der Waals surface area contributed by atoms with Gasteiger partial charge in [0, 0.05) is 13.1 Å². The number of amides is 2. The molecule has 0 saturated heterocycles. The summed E-state index contributed by atoms with van der Waals surface area (Å²) < 4.78 is 5.72. The Labute approximate surface area is 118 Å². The number of nitrogens with zero attached hydrogens (tertiary/aromatic N) is 1. The summed E-state index contributed by atoms with van der Waals surface area (Å²) in [6, 6.07) is 5.49. The Balaban J connectivity index is 2.42. The Morgan fingerprint density at radius 2 is 2.05 bits per heavy atom. The Morgan fingerprint density at radius 3 is 2.65 bits per heavy atom. The normalized spacial score (nSPS) is 21.5. The molecule has 2 rings (SSSR count). The van der Waals surface area contributed by atoms with Gasteiger partial charge < -0.3 is 15.0 Å². The molecule has 0 aromatic heterocycles. The van der Waals surface area contributed by atoms with Crippen LogP contribution in [0.15, 0.2) is 18.2 Å². The van der Waals surface area contributed by atoms with Crippen molar-refractivity contribution in [3.63, 3.8) is 0 Å². The zero-order valence-corrected chi connectivity index (χ0v) is 12.5. The van der Waals surface area contributed by atoms with Crippen molar-refractivity contribution >= 4 is 17.5 Å². The summed E-state index contributed by atoms with van der Waals surface area (Å²) in [4.78, 5) is 26.2. The molecule has 1 heterocycles. The third-order valence-corrected chi connectivity index (χ3v) is 3.36. The first-order valence-electron chi connectivity index (χ1n) is 6.64. The van der Waals surface area contributed by atoms with Crippen molar-refractivity contribution in [1.82, 2.24) is 5.32 Å². The highest BCUT2D eigenvalue weighted by atomic mass is 16.5. The number of benzene rings is 1. The first-order valence-corrected chi connectivity index (χ1v) is 6.64. The fourth-order valence-corrected chi connectivity index (χ4v) is 2.21. The van der Waals surface area contributed by atoms with Gasteiger partial charge >= 0.3 is 0 Å². The van der Waals surface area contributed by atoms with Crippen LogP contribution in [0.3, 0.4) is 0 Å². The standard InChI is InChI=1S/C15H20N2O3/c1-9(2)16-13(18)15(4)14(19)17(5)11-8-10(3)6-7-12(11)20-15/h6-9H,1-5H3,(H,16,18). The largest absolute Gasteiger partial charge is 0.466 e. The maximum atomic E-state index is 12.5. The molecule has 1 aliphatic heterocycles. The van der Waals surface area contributed by atoms with Crippen LogP contribution < -0.4 is 15.0 Å². The quantitative estimate of drug-likeness (QED) is 0.835. The zero-order valence-electron chi connectivity index (χ0n) is 12.5. The van der Waals surface area contributed by atoms with E-state index < -0.39 is 11.5 Å². The molecule has 0 saturated carbocycles. The van der Waals surface area contributed by atoms with Crippen molar-refractivity contribution < 1.29 is 14.3 Å². The first kappa shape index (κ1) is 14.4. The van der Waals surface area contributed by atoms with Crippen LogP contribution in [0.1, 0.15) is 26.3 Å². The predicted molar refractivity (Wildman–Crippen MR) is 76.9 cm³/mol. The van der Waals surface area contributed by atoms with Gasteiger partial charge in [-0.05, 0) is 45.4 Å². The van der Waals surface area contributed by atoms with Gasteiger partial charge in [-0.1, -0.05) is 6.07 Å². The third-order valence-electron chi connectivity index (χ3n) is 3.36. The number of carbonyl (C=O) groups excluding carboxylic acids is 2. The van der Waals surface area contributed by atoms with E-state index in [2.05, 4.69) is 5.32 Å². The number of aryl methyl sites for hydroxylation is 1. The molecule has 1 aliphatic rings. The van der Waals surface area contributed by atoms with E-state index in [0.717, 1.165) is 5.56 Å². The lowest BCUT2D eigenvalue weighted by Gasteiger charge is -2.38. The minimum atomic E-state index is -1.53.